The predicted molar refractivity (Wildman–Crippen MR) is 49.3 cm³/mol. The molecule has 1 aliphatic heterocycles. The standard InChI is InChI=1S/C7H14O9S.Na/c1-14-7-5(10)6(16-17(11,12)13)4(9)3(2-8)15-7;/h3-10H,2H2,1H3,(H,11,12,13);/q;+1/p-1/t3-,4+,5-,6+,7-;/m1./s1. The number of hydrogen-bond donors (Lipinski definition) is 3. The molecule has 0 aliphatic carbocycles. The van der Waals surface area contributed by atoms with Crippen LogP contribution in [0.2, 0.25) is 0 Å². The second kappa shape index (κ2) is 7.45. The van der Waals surface area contributed by atoms with E-state index in [4.69, 9.17) is 9.84 Å². The quantitative estimate of drug-likeness (QED) is 0.262. The zero-order valence-corrected chi connectivity index (χ0v) is 12.6. The maximum Gasteiger partial charge on any atom is 1.00 e. The van der Waals surface area contributed by atoms with Crippen molar-refractivity contribution in [2.24, 2.45) is 0 Å². The van der Waals surface area contributed by atoms with Crippen LogP contribution in [0.1, 0.15) is 0 Å². The van der Waals surface area contributed by atoms with Crippen molar-refractivity contribution in [2.45, 2.75) is 30.7 Å². The smallest absolute Gasteiger partial charge is 0.726 e. The summed E-state index contributed by atoms with van der Waals surface area (Å²) in [4.78, 5) is 0. The number of aliphatic hydroxyl groups is 3. The van der Waals surface area contributed by atoms with E-state index in [0.717, 1.165) is 7.11 Å². The molecule has 0 aromatic heterocycles. The molecular weight excluding hydrogens is 283 g/mol. The molecule has 11 heteroatoms. The van der Waals surface area contributed by atoms with Crippen molar-refractivity contribution in [3.63, 3.8) is 0 Å². The summed E-state index contributed by atoms with van der Waals surface area (Å²) in [7, 11) is -3.96. The molecule has 1 heterocycles. The van der Waals surface area contributed by atoms with Crippen LogP contribution in [0.15, 0.2) is 0 Å². The third kappa shape index (κ3) is 4.65. The van der Waals surface area contributed by atoms with Crippen LogP contribution in [-0.2, 0) is 24.1 Å². The third-order valence-electron chi connectivity index (χ3n) is 2.28. The van der Waals surface area contributed by atoms with Crippen LogP contribution in [0.5, 0.6) is 0 Å². The molecule has 9 nitrogen and oxygen atoms in total. The fraction of sp³-hybridized carbons (Fsp3) is 1.00. The van der Waals surface area contributed by atoms with E-state index in [1.807, 2.05) is 0 Å². The summed E-state index contributed by atoms with van der Waals surface area (Å²) in [5, 5.41) is 28.0. The Balaban J connectivity index is 0.00000289. The van der Waals surface area contributed by atoms with Gasteiger partial charge >= 0.3 is 29.6 Å². The molecule has 0 spiro atoms. The Labute approximate surface area is 126 Å². The second-order valence-electron chi connectivity index (χ2n) is 3.41. The SMILES string of the molecule is CO[C@@H]1O[C@H](CO)[C@H](O)[C@H](OS(=O)(=O)[O-])[C@H]1O.[Na+]. The van der Waals surface area contributed by atoms with E-state index in [2.05, 4.69) is 8.92 Å². The summed E-state index contributed by atoms with van der Waals surface area (Å²) in [6.07, 6.45) is -7.66. The fourth-order valence-electron chi connectivity index (χ4n) is 1.50. The van der Waals surface area contributed by atoms with Gasteiger partial charge in [-0.1, -0.05) is 0 Å². The topological polar surface area (TPSA) is 146 Å². The van der Waals surface area contributed by atoms with Crippen LogP contribution in [-0.4, -0.2) is 72.7 Å². The van der Waals surface area contributed by atoms with Crippen molar-refractivity contribution < 1.29 is 71.5 Å². The van der Waals surface area contributed by atoms with Crippen molar-refractivity contribution in [2.75, 3.05) is 13.7 Å². The van der Waals surface area contributed by atoms with Crippen LogP contribution >= 0.6 is 0 Å². The Bertz CT molecular complexity index is 331. The first kappa shape index (κ1) is 18.7. The minimum Gasteiger partial charge on any atom is -0.726 e. The normalized spacial score (nSPS) is 37.1. The molecule has 0 unspecified atom stereocenters. The minimum atomic E-state index is -5.12. The van der Waals surface area contributed by atoms with Gasteiger partial charge in [-0.05, 0) is 0 Å². The maximum atomic E-state index is 10.4. The molecule has 0 amide bonds. The van der Waals surface area contributed by atoms with Gasteiger partial charge in [-0.3, -0.25) is 4.18 Å². The first-order chi connectivity index (χ1) is 7.80. The number of methoxy groups -OCH3 is 1. The van der Waals surface area contributed by atoms with Gasteiger partial charge in [0.15, 0.2) is 6.29 Å². The Kier molecular flexibility index (Phi) is 7.73. The Morgan fingerprint density at radius 3 is 2.28 bits per heavy atom. The van der Waals surface area contributed by atoms with Gasteiger partial charge in [0.25, 0.3) is 0 Å². The summed E-state index contributed by atoms with van der Waals surface area (Å²) in [5.74, 6) is 0. The Hall–Kier alpha value is 0.670. The fourth-order valence-corrected chi connectivity index (χ4v) is 2.00. The molecule has 3 N–H and O–H groups in total. The molecule has 0 aromatic carbocycles. The average Bonchev–Trinajstić information content (AvgIpc) is 2.23. The van der Waals surface area contributed by atoms with Crippen LogP contribution in [0.4, 0.5) is 0 Å². The molecule has 1 rings (SSSR count). The minimum absolute atomic E-state index is 0. The van der Waals surface area contributed by atoms with Crippen molar-refractivity contribution in [3.05, 3.63) is 0 Å². The second-order valence-corrected chi connectivity index (χ2v) is 4.42. The summed E-state index contributed by atoms with van der Waals surface area (Å²) < 4.78 is 44.9. The van der Waals surface area contributed by atoms with Crippen LogP contribution < -0.4 is 29.6 Å². The number of rotatable bonds is 4. The maximum absolute atomic E-state index is 10.4. The number of ether oxygens (including phenoxy) is 2. The van der Waals surface area contributed by atoms with E-state index in [-0.39, 0.29) is 29.6 Å². The average molecular weight is 296 g/mol. The number of hydrogen-bond acceptors (Lipinski definition) is 9. The first-order valence-corrected chi connectivity index (χ1v) is 5.93. The van der Waals surface area contributed by atoms with Gasteiger partial charge in [0, 0.05) is 7.11 Å². The summed E-state index contributed by atoms with van der Waals surface area (Å²) in [6, 6.07) is 0. The Morgan fingerprint density at radius 1 is 1.33 bits per heavy atom. The van der Waals surface area contributed by atoms with Crippen molar-refractivity contribution in [1.82, 2.24) is 0 Å². The van der Waals surface area contributed by atoms with Crippen LogP contribution in [0, 0.1) is 0 Å². The van der Waals surface area contributed by atoms with Crippen molar-refractivity contribution in [3.8, 4) is 0 Å². The summed E-state index contributed by atoms with van der Waals surface area (Å²) in [6.45, 7) is -0.660. The van der Waals surface area contributed by atoms with Crippen LogP contribution in [0.3, 0.4) is 0 Å². The molecule has 0 saturated carbocycles. The number of aliphatic hydroxyl groups excluding tert-OH is 3. The molecule has 1 fully saturated rings. The predicted octanol–water partition coefficient (Wildman–Crippen LogP) is -6.08. The molecule has 0 aromatic rings. The molecule has 1 saturated heterocycles. The molecular formula is C7H13NaO9S. The van der Waals surface area contributed by atoms with Crippen molar-refractivity contribution in [1.29, 1.82) is 0 Å². The van der Waals surface area contributed by atoms with Gasteiger partial charge in [0.05, 0.1) is 6.61 Å². The van der Waals surface area contributed by atoms with E-state index >= 15 is 0 Å². The third-order valence-corrected chi connectivity index (χ3v) is 2.74. The molecule has 0 bridgehead atoms. The van der Waals surface area contributed by atoms with Gasteiger partial charge in [0.2, 0.25) is 10.4 Å². The van der Waals surface area contributed by atoms with Crippen LogP contribution in [0.25, 0.3) is 0 Å². The van der Waals surface area contributed by atoms with E-state index < -0.39 is 47.7 Å². The van der Waals surface area contributed by atoms with E-state index in [1.54, 1.807) is 0 Å². The van der Waals surface area contributed by atoms with E-state index in [0.29, 0.717) is 0 Å². The van der Waals surface area contributed by atoms with E-state index in [1.165, 1.54) is 0 Å². The van der Waals surface area contributed by atoms with Gasteiger partial charge in [-0.25, -0.2) is 8.42 Å². The summed E-state index contributed by atoms with van der Waals surface area (Å²) in [5.41, 5.74) is 0. The molecule has 1 aliphatic rings. The van der Waals surface area contributed by atoms with Gasteiger partial charge in [0.1, 0.15) is 24.4 Å². The molecule has 18 heavy (non-hydrogen) atoms. The zero-order valence-electron chi connectivity index (χ0n) is 9.79. The van der Waals surface area contributed by atoms with Gasteiger partial charge < -0.3 is 29.3 Å². The zero-order chi connectivity index (χ0) is 13.2. The van der Waals surface area contributed by atoms with E-state index in [9.17, 15) is 23.2 Å². The molecule has 5 atom stereocenters. The summed E-state index contributed by atoms with van der Waals surface area (Å²) >= 11 is 0. The largest absolute Gasteiger partial charge is 1.00 e. The van der Waals surface area contributed by atoms with Crippen molar-refractivity contribution >= 4 is 10.4 Å². The Morgan fingerprint density at radius 2 is 1.89 bits per heavy atom. The monoisotopic (exact) mass is 296 g/mol. The first-order valence-electron chi connectivity index (χ1n) is 4.59. The van der Waals surface area contributed by atoms with Gasteiger partial charge in [-0.15, -0.1) is 0 Å². The van der Waals surface area contributed by atoms with Gasteiger partial charge in [-0.2, -0.15) is 0 Å². The molecule has 102 valence electrons. The molecule has 0 radical (unpaired) electrons.